The topological polar surface area (TPSA) is 26.3 Å². The standard InChI is InChI=1S/C12H16Cl2O2/c1-2-16-11(15)10-8(7-9(13)14)12(10)5-3-4-6-12/h7-8,10H,2-6H2,1H3. The van der Waals surface area contributed by atoms with Crippen LogP contribution in [0.3, 0.4) is 0 Å². The Labute approximate surface area is 106 Å². The van der Waals surface area contributed by atoms with Crippen LogP contribution < -0.4 is 0 Å². The van der Waals surface area contributed by atoms with Crippen LogP contribution in [0.2, 0.25) is 0 Å². The minimum Gasteiger partial charge on any atom is -0.466 e. The fraction of sp³-hybridized carbons (Fsp3) is 0.750. The second-order valence-electron chi connectivity index (χ2n) is 4.65. The smallest absolute Gasteiger partial charge is 0.310 e. The summed E-state index contributed by atoms with van der Waals surface area (Å²) in [5.41, 5.74) is 0.112. The van der Waals surface area contributed by atoms with Crippen molar-refractivity contribution in [1.29, 1.82) is 0 Å². The molecule has 90 valence electrons. The normalized spacial score (nSPS) is 30.2. The van der Waals surface area contributed by atoms with Crippen molar-refractivity contribution in [2.75, 3.05) is 6.61 Å². The van der Waals surface area contributed by atoms with Crippen LogP contribution in [-0.2, 0) is 9.53 Å². The second-order valence-corrected chi connectivity index (χ2v) is 5.66. The van der Waals surface area contributed by atoms with Crippen molar-refractivity contribution in [3.05, 3.63) is 10.6 Å². The Bertz CT molecular complexity index is 315. The molecule has 16 heavy (non-hydrogen) atoms. The molecule has 0 bridgehead atoms. The van der Waals surface area contributed by atoms with Crippen molar-refractivity contribution in [3.8, 4) is 0 Å². The maximum absolute atomic E-state index is 11.8. The van der Waals surface area contributed by atoms with Crippen LogP contribution in [0.15, 0.2) is 10.6 Å². The molecule has 0 radical (unpaired) electrons. The monoisotopic (exact) mass is 262 g/mol. The van der Waals surface area contributed by atoms with Gasteiger partial charge in [-0.3, -0.25) is 4.79 Å². The molecule has 0 aromatic carbocycles. The number of esters is 1. The van der Waals surface area contributed by atoms with E-state index in [1.807, 2.05) is 13.0 Å². The van der Waals surface area contributed by atoms with E-state index in [9.17, 15) is 4.79 Å². The molecule has 1 spiro atoms. The first kappa shape index (κ1) is 12.3. The molecule has 0 aromatic heterocycles. The van der Waals surface area contributed by atoms with Gasteiger partial charge < -0.3 is 4.74 Å². The first-order valence-electron chi connectivity index (χ1n) is 5.81. The summed E-state index contributed by atoms with van der Waals surface area (Å²) in [6, 6.07) is 0. The molecule has 0 aromatic rings. The molecular formula is C12H16Cl2O2. The molecule has 0 saturated heterocycles. The molecule has 0 heterocycles. The van der Waals surface area contributed by atoms with Crippen molar-refractivity contribution in [3.63, 3.8) is 0 Å². The van der Waals surface area contributed by atoms with E-state index in [1.165, 1.54) is 12.8 Å². The Kier molecular flexibility index (Phi) is 3.50. The number of halogens is 2. The first-order chi connectivity index (χ1) is 7.62. The third-order valence-corrected chi connectivity index (χ3v) is 4.17. The van der Waals surface area contributed by atoms with Gasteiger partial charge in [0.2, 0.25) is 0 Å². The van der Waals surface area contributed by atoms with Crippen molar-refractivity contribution in [1.82, 2.24) is 0 Å². The summed E-state index contributed by atoms with van der Waals surface area (Å²) >= 11 is 11.4. The van der Waals surface area contributed by atoms with Crippen LogP contribution in [0.5, 0.6) is 0 Å². The predicted octanol–water partition coefficient (Wildman–Crippen LogP) is 3.67. The number of ether oxygens (including phenoxy) is 1. The molecule has 2 rings (SSSR count). The van der Waals surface area contributed by atoms with Gasteiger partial charge in [-0.05, 0) is 37.2 Å². The van der Waals surface area contributed by atoms with E-state index in [0.717, 1.165) is 12.8 Å². The van der Waals surface area contributed by atoms with E-state index >= 15 is 0 Å². The molecule has 2 atom stereocenters. The Morgan fingerprint density at radius 2 is 2.06 bits per heavy atom. The summed E-state index contributed by atoms with van der Waals surface area (Å²) in [5.74, 6) is 0.0988. The third kappa shape index (κ3) is 1.98. The second kappa shape index (κ2) is 4.58. The van der Waals surface area contributed by atoms with E-state index in [-0.39, 0.29) is 27.7 Å². The first-order valence-corrected chi connectivity index (χ1v) is 6.57. The zero-order valence-electron chi connectivity index (χ0n) is 9.34. The molecule has 4 heteroatoms. The number of hydrogen-bond donors (Lipinski definition) is 0. The van der Waals surface area contributed by atoms with E-state index < -0.39 is 0 Å². The molecule has 2 unspecified atom stereocenters. The maximum Gasteiger partial charge on any atom is 0.310 e. The number of carbonyl (C=O) groups is 1. The lowest BCUT2D eigenvalue weighted by atomic mass is 10.0. The minimum absolute atomic E-state index is 0.0116. The third-order valence-electron chi connectivity index (χ3n) is 3.91. The summed E-state index contributed by atoms with van der Waals surface area (Å²) in [6.07, 6.45) is 6.40. The maximum atomic E-state index is 11.8. The quantitative estimate of drug-likeness (QED) is 0.726. The average molecular weight is 263 g/mol. The van der Waals surface area contributed by atoms with Crippen LogP contribution >= 0.6 is 23.2 Å². The number of rotatable bonds is 3. The SMILES string of the molecule is CCOC(=O)C1C(C=C(Cl)Cl)C12CCCC2. The van der Waals surface area contributed by atoms with Gasteiger partial charge in [0.25, 0.3) is 0 Å². The summed E-state index contributed by atoms with van der Waals surface area (Å²) in [7, 11) is 0. The molecule has 2 aliphatic rings. The van der Waals surface area contributed by atoms with Gasteiger partial charge in [-0.1, -0.05) is 36.0 Å². The lowest BCUT2D eigenvalue weighted by molar-refractivity contribution is -0.145. The summed E-state index contributed by atoms with van der Waals surface area (Å²) in [5, 5.41) is 0. The van der Waals surface area contributed by atoms with Crippen molar-refractivity contribution >= 4 is 29.2 Å². The summed E-state index contributed by atoms with van der Waals surface area (Å²) < 4.78 is 5.38. The van der Waals surface area contributed by atoms with Crippen LogP contribution in [0, 0.1) is 17.3 Å². The molecule has 2 fully saturated rings. The fourth-order valence-electron chi connectivity index (χ4n) is 3.21. The lowest BCUT2D eigenvalue weighted by Crippen LogP contribution is -2.11. The van der Waals surface area contributed by atoms with Gasteiger partial charge in [0.15, 0.2) is 0 Å². The summed E-state index contributed by atoms with van der Waals surface area (Å²) in [4.78, 5) is 11.8. The Balaban J connectivity index is 2.12. The van der Waals surface area contributed by atoms with Gasteiger partial charge in [0, 0.05) is 0 Å². The number of carbonyl (C=O) groups excluding carboxylic acids is 1. The van der Waals surface area contributed by atoms with Crippen LogP contribution in [0.4, 0.5) is 0 Å². The fourth-order valence-corrected chi connectivity index (χ4v) is 3.48. The van der Waals surface area contributed by atoms with Crippen LogP contribution in [0.1, 0.15) is 32.6 Å². The van der Waals surface area contributed by atoms with Crippen LogP contribution in [-0.4, -0.2) is 12.6 Å². The molecule has 0 N–H and O–H groups in total. The summed E-state index contributed by atoms with van der Waals surface area (Å²) in [6.45, 7) is 2.28. The average Bonchev–Trinajstić information content (AvgIpc) is 2.58. The zero-order valence-corrected chi connectivity index (χ0v) is 10.9. The van der Waals surface area contributed by atoms with Gasteiger partial charge in [-0.25, -0.2) is 0 Å². The zero-order chi connectivity index (χ0) is 11.8. The highest BCUT2D eigenvalue weighted by atomic mass is 35.5. The molecule has 2 aliphatic carbocycles. The minimum atomic E-state index is -0.0831. The Hall–Kier alpha value is -0.210. The molecule has 2 saturated carbocycles. The number of allylic oxidation sites excluding steroid dienone is 1. The van der Waals surface area contributed by atoms with E-state index in [2.05, 4.69) is 0 Å². The van der Waals surface area contributed by atoms with Crippen LogP contribution in [0.25, 0.3) is 0 Å². The molecule has 0 aliphatic heterocycles. The highest BCUT2D eigenvalue weighted by Crippen LogP contribution is 2.68. The van der Waals surface area contributed by atoms with Gasteiger partial charge in [-0.2, -0.15) is 0 Å². The van der Waals surface area contributed by atoms with Crippen molar-refractivity contribution in [2.45, 2.75) is 32.6 Å². The molecule has 0 amide bonds. The van der Waals surface area contributed by atoms with Gasteiger partial charge in [-0.15, -0.1) is 0 Å². The molecule has 2 nitrogen and oxygen atoms in total. The van der Waals surface area contributed by atoms with E-state index in [1.54, 1.807) is 0 Å². The number of hydrogen-bond acceptors (Lipinski definition) is 2. The Morgan fingerprint density at radius 1 is 1.44 bits per heavy atom. The van der Waals surface area contributed by atoms with E-state index in [0.29, 0.717) is 6.61 Å². The van der Waals surface area contributed by atoms with Crippen molar-refractivity contribution < 1.29 is 9.53 Å². The predicted molar refractivity (Wildman–Crippen MR) is 64.3 cm³/mol. The van der Waals surface area contributed by atoms with E-state index in [4.69, 9.17) is 27.9 Å². The highest BCUT2D eigenvalue weighted by Gasteiger charge is 2.67. The lowest BCUT2D eigenvalue weighted by Gasteiger charge is -2.06. The Morgan fingerprint density at radius 3 is 2.56 bits per heavy atom. The van der Waals surface area contributed by atoms with Gasteiger partial charge >= 0.3 is 5.97 Å². The van der Waals surface area contributed by atoms with Crippen molar-refractivity contribution in [2.24, 2.45) is 17.3 Å². The largest absolute Gasteiger partial charge is 0.466 e. The van der Waals surface area contributed by atoms with Gasteiger partial charge in [0.05, 0.1) is 12.5 Å². The highest BCUT2D eigenvalue weighted by molar-refractivity contribution is 6.55. The molecular weight excluding hydrogens is 247 g/mol. The van der Waals surface area contributed by atoms with Gasteiger partial charge in [0.1, 0.15) is 4.49 Å².